The van der Waals surface area contributed by atoms with Crippen molar-refractivity contribution in [1.82, 2.24) is 25.2 Å². The summed E-state index contributed by atoms with van der Waals surface area (Å²) >= 11 is 6.13. The van der Waals surface area contributed by atoms with Crippen LogP contribution in [0.15, 0.2) is 42.9 Å². The van der Waals surface area contributed by atoms with E-state index in [1.54, 1.807) is 6.33 Å². The predicted octanol–water partition coefficient (Wildman–Crippen LogP) is 4.74. The number of carbonyl (C=O) groups excluding carboxylic acids is 2. The van der Waals surface area contributed by atoms with Gasteiger partial charge in [-0.3, -0.25) is 9.59 Å². The average Bonchev–Trinajstić information content (AvgIpc) is 3.35. The first-order chi connectivity index (χ1) is 18.5. The summed E-state index contributed by atoms with van der Waals surface area (Å²) in [5.41, 5.74) is 0.227. The number of rotatable bonds is 9. The molecule has 0 bridgehead atoms. The molecular weight excluding hydrogens is 516 g/mol. The normalized spacial score (nSPS) is 16.3. The lowest BCUT2D eigenvalue weighted by Crippen LogP contribution is -2.51. The largest absolute Gasteiger partial charge is 0.460 e. The van der Waals surface area contributed by atoms with Crippen molar-refractivity contribution >= 4 is 40.3 Å². The van der Waals surface area contributed by atoms with Gasteiger partial charge in [-0.1, -0.05) is 23.7 Å². The first kappa shape index (κ1) is 28.8. The molecule has 2 N–H and O–H groups in total. The van der Waals surface area contributed by atoms with Crippen molar-refractivity contribution in [1.29, 1.82) is 0 Å². The molecule has 1 aromatic carbocycles. The number of amides is 1. The monoisotopic (exact) mass is 554 g/mol. The van der Waals surface area contributed by atoms with Gasteiger partial charge in [-0.2, -0.15) is 0 Å². The number of fused-ring (bicyclic) bond motifs is 1. The number of anilines is 1. The summed E-state index contributed by atoms with van der Waals surface area (Å²) in [6.07, 6.45) is 5.13. The van der Waals surface area contributed by atoms with Gasteiger partial charge in [0.15, 0.2) is 0 Å². The Morgan fingerprint density at radius 1 is 1.15 bits per heavy atom. The van der Waals surface area contributed by atoms with Gasteiger partial charge in [0.05, 0.1) is 23.3 Å². The number of hydrogen-bond acceptors (Lipinski definition) is 7. The number of H-pyrrole nitrogens is 1. The number of ether oxygens (including phenoxy) is 1. The van der Waals surface area contributed by atoms with Gasteiger partial charge in [-0.25, -0.2) is 9.97 Å². The summed E-state index contributed by atoms with van der Waals surface area (Å²) in [4.78, 5) is 43.4. The minimum absolute atomic E-state index is 0.0221. The molecule has 1 atom stereocenters. The van der Waals surface area contributed by atoms with E-state index in [-0.39, 0.29) is 24.3 Å². The molecule has 1 aliphatic heterocycles. The topological polar surface area (TPSA) is 103 Å². The Morgan fingerprint density at radius 2 is 1.85 bits per heavy atom. The van der Waals surface area contributed by atoms with E-state index in [1.807, 2.05) is 71.4 Å². The molecule has 4 rings (SSSR count). The number of nitrogens with zero attached hydrogens (tertiary/aromatic N) is 4. The third-order valence-corrected chi connectivity index (χ3v) is 7.43. The second kappa shape index (κ2) is 11.9. The van der Waals surface area contributed by atoms with Crippen molar-refractivity contribution in [3.63, 3.8) is 0 Å². The van der Waals surface area contributed by atoms with Gasteiger partial charge < -0.3 is 24.8 Å². The van der Waals surface area contributed by atoms with Crippen molar-refractivity contribution in [3.05, 3.63) is 53.4 Å². The highest BCUT2D eigenvalue weighted by Crippen LogP contribution is 2.39. The molecule has 10 heteroatoms. The molecule has 210 valence electrons. The van der Waals surface area contributed by atoms with Gasteiger partial charge >= 0.3 is 5.97 Å². The quantitative estimate of drug-likeness (QED) is 0.368. The Morgan fingerprint density at radius 3 is 2.49 bits per heavy atom. The average molecular weight is 555 g/mol. The van der Waals surface area contributed by atoms with Crippen molar-refractivity contribution in [3.8, 4) is 0 Å². The van der Waals surface area contributed by atoms with Crippen molar-refractivity contribution < 1.29 is 14.3 Å². The number of halogens is 1. The Bertz CT molecular complexity index is 1280. The van der Waals surface area contributed by atoms with Crippen LogP contribution in [0.25, 0.3) is 11.0 Å². The van der Waals surface area contributed by atoms with Crippen LogP contribution < -0.4 is 10.2 Å². The van der Waals surface area contributed by atoms with Crippen LogP contribution >= 0.6 is 11.6 Å². The van der Waals surface area contributed by atoms with Crippen LogP contribution in [0.4, 0.5) is 5.82 Å². The fourth-order valence-corrected chi connectivity index (χ4v) is 5.24. The highest BCUT2D eigenvalue weighted by Gasteiger charge is 2.45. The molecule has 0 saturated carbocycles. The first-order valence-electron chi connectivity index (χ1n) is 13.4. The number of aromatic nitrogens is 3. The molecule has 1 saturated heterocycles. The van der Waals surface area contributed by atoms with Gasteiger partial charge in [-0.15, -0.1) is 0 Å². The zero-order valence-electron chi connectivity index (χ0n) is 23.5. The fourth-order valence-electron chi connectivity index (χ4n) is 5.11. The van der Waals surface area contributed by atoms with Crippen LogP contribution in [0, 0.1) is 5.41 Å². The van der Waals surface area contributed by atoms with Crippen molar-refractivity contribution in [2.75, 3.05) is 38.6 Å². The number of carbonyl (C=O) groups is 2. The van der Waals surface area contributed by atoms with Crippen LogP contribution in [0.5, 0.6) is 0 Å². The van der Waals surface area contributed by atoms with Crippen LogP contribution in [-0.4, -0.2) is 71.1 Å². The molecule has 39 heavy (non-hydrogen) atoms. The van der Waals surface area contributed by atoms with E-state index in [0.717, 1.165) is 35.4 Å². The summed E-state index contributed by atoms with van der Waals surface area (Å²) in [6.45, 7) is 7.48. The summed E-state index contributed by atoms with van der Waals surface area (Å²) in [7, 11) is 4.02. The Hall–Kier alpha value is -3.17. The molecule has 0 aliphatic carbocycles. The van der Waals surface area contributed by atoms with Gasteiger partial charge in [0.25, 0.3) is 0 Å². The summed E-state index contributed by atoms with van der Waals surface area (Å²) < 4.78 is 5.68. The minimum Gasteiger partial charge on any atom is -0.460 e. The molecule has 9 nitrogen and oxygen atoms in total. The van der Waals surface area contributed by atoms with E-state index in [0.29, 0.717) is 31.0 Å². The Kier molecular flexibility index (Phi) is 8.81. The first-order valence-corrected chi connectivity index (χ1v) is 13.8. The number of aromatic amines is 1. The summed E-state index contributed by atoms with van der Waals surface area (Å²) in [5, 5.41) is 4.88. The molecule has 0 spiro atoms. The summed E-state index contributed by atoms with van der Waals surface area (Å²) in [5.74, 6) is 0.344. The summed E-state index contributed by atoms with van der Waals surface area (Å²) in [6, 6.07) is 9.31. The van der Waals surface area contributed by atoms with E-state index in [1.165, 1.54) is 0 Å². The number of nitrogens with one attached hydrogen (secondary N) is 2. The van der Waals surface area contributed by atoms with E-state index in [2.05, 4.69) is 30.1 Å². The number of esters is 1. The standard InChI is InChI=1S/C29H39ClN6O3/c1-28(2,3)39-24(37)18-29(12-16-36(17-13-29)26-22-10-14-31-25(22)32-19-33-26)27(38)34-23(11-15-35(4)5)20-6-8-21(30)9-7-20/h6-10,14,19,23H,11-13,15-18H2,1-5H3,(H,34,38)(H,31,32,33). The number of hydrogen-bond donors (Lipinski definition) is 2. The zero-order chi connectivity index (χ0) is 28.2. The van der Waals surface area contributed by atoms with E-state index in [9.17, 15) is 9.59 Å². The molecule has 2 aromatic heterocycles. The second-order valence-electron chi connectivity index (χ2n) is 11.6. The second-order valence-corrected chi connectivity index (χ2v) is 12.1. The van der Waals surface area contributed by atoms with Crippen molar-refractivity contribution in [2.24, 2.45) is 5.41 Å². The molecule has 1 amide bonds. The Balaban J connectivity index is 1.58. The maximum atomic E-state index is 14.1. The van der Waals surface area contributed by atoms with Gasteiger partial charge in [0, 0.05) is 24.3 Å². The lowest BCUT2D eigenvalue weighted by molar-refractivity contribution is -0.161. The molecule has 0 radical (unpaired) electrons. The molecule has 3 heterocycles. The van der Waals surface area contributed by atoms with Crippen molar-refractivity contribution in [2.45, 2.75) is 58.1 Å². The van der Waals surface area contributed by atoms with Gasteiger partial charge in [0.1, 0.15) is 23.4 Å². The number of piperidine rings is 1. The van der Waals surface area contributed by atoms with Crippen LogP contribution in [0.3, 0.4) is 0 Å². The zero-order valence-corrected chi connectivity index (χ0v) is 24.2. The van der Waals surface area contributed by atoms with Crippen LogP contribution in [0.2, 0.25) is 5.02 Å². The lowest BCUT2D eigenvalue weighted by Gasteiger charge is -2.41. The third kappa shape index (κ3) is 7.28. The molecule has 1 aliphatic rings. The van der Waals surface area contributed by atoms with Crippen LogP contribution in [0.1, 0.15) is 58.1 Å². The van der Waals surface area contributed by atoms with E-state index in [4.69, 9.17) is 16.3 Å². The maximum absolute atomic E-state index is 14.1. The smallest absolute Gasteiger partial charge is 0.307 e. The third-order valence-electron chi connectivity index (χ3n) is 7.18. The lowest BCUT2D eigenvalue weighted by atomic mass is 9.74. The number of benzene rings is 1. The molecule has 3 aromatic rings. The maximum Gasteiger partial charge on any atom is 0.307 e. The predicted molar refractivity (Wildman–Crippen MR) is 154 cm³/mol. The van der Waals surface area contributed by atoms with E-state index < -0.39 is 11.0 Å². The van der Waals surface area contributed by atoms with Gasteiger partial charge in [-0.05, 0) is 84.4 Å². The molecular formula is C29H39ClN6O3. The minimum atomic E-state index is -0.897. The highest BCUT2D eigenvalue weighted by molar-refractivity contribution is 6.30. The molecule has 1 fully saturated rings. The van der Waals surface area contributed by atoms with Crippen LogP contribution in [-0.2, 0) is 14.3 Å². The van der Waals surface area contributed by atoms with E-state index >= 15 is 0 Å². The fraction of sp³-hybridized carbons (Fsp3) is 0.517. The SMILES string of the molecule is CN(C)CCC(NC(=O)C1(CC(=O)OC(C)(C)C)CCN(c2ncnc3[nH]ccc23)CC1)c1ccc(Cl)cc1. The highest BCUT2D eigenvalue weighted by atomic mass is 35.5. The Labute approximate surface area is 235 Å². The van der Waals surface area contributed by atoms with Gasteiger partial charge in [0.2, 0.25) is 5.91 Å². The molecule has 1 unspecified atom stereocenters.